The van der Waals surface area contributed by atoms with Crippen molar-refractivity contribution in [1.82, 2.24) is 9.47 Å². The molecule has 3 aliphatic rings. The average molecular weight is 595 g/mol. The molecule has 41 heavy (non-hydrogen) atoms. The number of nitriles is 1. The number of anilines is 1. The van der Waals surface area contributed by atoms with E-state index in [9.17, 15) is 19.6 Å². The minimum absolute atomic E-state index is 0.0247. The second-order valence-corrected chi connectivity index (χ2v) is 11.6. The molecule has 2 fully saturated rings. The van der Waals surface area contributed by atoms with Crippen LogP contribution in [0.2, 0.25) is 0 Å². The van der Waals surface area contributed by atoms with Crippen LogP contribution in [0.25, 0.3) is 6.08 Å². The first-order valence-electron chi connectivity index (χ1n) is 13.5. The smallest absolute Gasteiger partial charge is 0.310 e. The third-order valence-corrected chi connectivity index (χ3v) is 8.81. The van der Waals surface area contributed by atoms with Crippen molar-refractivity contribution in [2.45, 2.75) is 46.7 Å². The van der Waals surface area contributed by atoms with Crippen LogP contribution in [0.5, 0.6) is 11.5 Å². The van der Waals surface area contributed by atoms with E-state index < -0.39 is 5.56 Å². The number of carbonyl (C=O) groups is 2. The Morgan fingerprint density at radius 1 is 1.27 bits per heavy atom. The summed E-state index contributed by atoms with van der Waals surface area (Å²) >= 11 is 6.77. The Morgan fingerprint density at radius 3 is 2.78 bits per heavy atom. The Bertz CT molecular complexity index is 1560. The van der Waals surface area contributed by atoms with Crippen LogP contribution in [0, 0.1) is 24.2 Å². The Hall–Kier alpha value is -3.82. The maximum absolute atomic E-state index is 13.6. The third kappa shape index (κ3) is 5.44. The molecule has 1 aromatic carbocycles. The molecule has 12 heteroatoms. The van der Waals surface area contributed by atoms with Crippen LogP contribution in [-0.4, -0.2) is 52.2 Å². The molecule has 1 aromatic heterocycles. The lowest BCUT2D eigenvalue weighted by Gasteiger charge is -2.36. The summed E-state index contributed by atoms with van der Waals surface area (Å²) < 4.78 is 18.1. The molecule has 3 aliphatic heterocycles. The fourth-order valence-electron chi connectivity index (χ4n) is 5.39. The summed E-state index contributed by atoms with van der Waals surface area (Å²) in [5.74, 6) is 0.996. The summed E-state index contributed by atoms with van der Waals surface area (Å²) in [7, 11) is 0. The van der Waals surface area contributed by atoms with Gasteiger partial charge in [-0.05, 0) is 62.9 Å². The van der Waals surface area contributed by atoms with Crippen LogP contribution in [0.4, 0.5) is 5.82 Å². The number of aromatic nitrogens is 1. The fraction of sp³-hybridized carbons (Fsp3) is 0.414. The number of nitrogens with zero attached hydrogens (tertiary/aromatic N) is 4. The number of piperidine rings is 1. The zero-order valence-electron chi connectivity index (χ0n) is 23.1. The normalized spacial score (nSPS) is 19.2. The van der Waals surface area contributed by atoms with Gasteiger partial charge >= 0.3 is 5.97 Å². The monoisotopic (exact) mass is 594 g/mol. The van der Waals surface area contributed by atoms with E-state index in [4.69, 9.17) is 26.4 Å². The first-order valence-corrected chi connectivity index (χ1v) is 14.7. The van der Waals surface area contributed by atoms with E-state index in [-0.39, 0.29) is 36.7 Å². The van der Waals surface area contributed by atoms with Gasteiger partial charge < -0.3 is 19.1 Å². The molecule has 1 atom stereocenters. The van der Waals surface area contributed by atoms with Crippen molar-refractivity contribution in [1.29, 1.82) is 5.26 Å². The molecule has 0 N–H and O–H groups in total. The van der Waals surface area contributed by atoms with Gasteiger partial charge in [0, 0.05) is 25.2 Å². The van der Waals surface area contributed by atoms with Crippen molar-refractivity contribution in [2.24, 2.45) is 5.92 Å². The first kappa shape index (κ1) is 28.7. The van der Waals surface area contributed by atoms with Crippen LogP contribution >= 0.6 is 24.0 Å². The van der Waals surface area contributed by atoms with Crippen LogP contribution in [-0.2, 0) is 27.4 Å². The number of rotatable bonds is 7. The van der Waals surface area contributed by atoms with Crippen molar-refractivity contribution in [2.75, 3.05) is 31.4 Å². The molecule has 0 saturated carbocycles. The number of pyridine rings is 1. The Kier molecular flexibility index (Phi) is 8.37. The van der Waals surface area contributed by atoms with E-state index in [1.165, 1.54) is 16.7 Å². The van der Waals surface area contributed by atoms with Crippen LogP contribution < -0.4 is 19.9 Å². The lowest BCUT2D eigenvalue weighted by Crippen LogP contribution is -2.43. The van der Waals surface area contributed by atoms with Gasteiger partial charge in [0.25, 0.3) is 11.5 Å². The van der Waals surface area contributed by atoms with Crippen molar-refractivity contribution < 1.29 is 23.8 Å². The molecule has 214 valence electrons. The number of ether oxygens (including phenoxy) is 3. The first-order chi connectivity index (χ1) is 19.8. The Morgan fingerprint density at radius 2 is 2.05 bits per heavy atom. The molecule has 4 heterocycles. The summed E-state index contributed by atoms with van der Waals surface area (Å²) in [5.41, 5.74) is 1.55. The van der Waals surface area contributed by atoms with E-state index in [1.54, 1.807) is 30.6 Å². The maximum Gasteiger partial charge on any atom is 0.310 e. The number of hydrogen-bond acceptors (Lipinski definition) is 10. The summed E-state index contributed by atoms with van der Waals surface area (Å²) in [4.78, 5) is 43.5. The van der Waals surface area contributed by atoms with Gasteiger partial charge in [-0.25, -0.2) is 0 Å². The number of benzene rings is 1. The van der Waals surface area contributed by atoms with E-state index in [0.29, 0.717) is 70.3 Å². The van der Waals surface area contributed by atoms with Gasteiger partial charge in [0.2, 0.25) is 6.79 Å². The van der Waals surface area contributed by atoms with Gasteiger partial charge in [-0.15, -0.1) is 0 Å². The minimum Gasteiger partial charge on any atom is -0.466 e. The van der Waals surface area contributed by atoms with Gasteiger partial charge in [0.15, 0.2) is 11.5 Å². The average Bonchev–Trinajstić information content (AvgIpc) is 3.54. The number of hydrogen-bond donors (Lipinski definition) is 0. The summed E-state index contributed by atoms with van der Waals surface area (Å²) in [5, 5.41) is 9.87. The molecule has 0 spiro atoms. The number of carbonyl (C=O) groups excluding carboxylic acids is 2. The quantitative estimate of drug-likeness (QED) is 0.265. The highest BCUT2D eigenvalue weighted by Gasteiger charge is 2.35. The highest BCUT2D eigenvalue weighted by Crippen LogP contribution is 2.39. The highest BCUT2D eigenvalue weighted by molar-refractivity contribution is 8.26. The van der Waals surface area contributed by atoms with E-state index in [1.807, 2.05) is 24.0 Å². The molecule has 5 rings (SSSR count). The maximum atomic E-state index is 13.6. The zero-order valence-corrected chi connectivity index (χ0v) is 24.7. The number of thiocarbonyl (C=S) groups is 1. The van der Waals surface area contributed by atoms with Gasteiger partial charge in [-0.1, -0.05) is 30.0 Å². The summed E-state index contributed by atoms with van der Waals surface area (Å²) in [6.45, 7) is 7.35. The molecule has 0 aliphatic carbocycles. The van der Waals surface area contributed by atoms with Crippen molar-refractivity contribution in [3.63, 3.8) is 0 Å². The lowest BCUT2D eigenvalue weighted by molar-refractivity contribution is -0.148. The molecule has 1 amide bonds. The van der Waals surface area contributed by atoms with Gasteiger partial charge in [0.05, 0.1) is 24.0 Å². The number of amides is 1. The zero-order chi connectivity index (χ0) is 29.3. The van der Waals surface area contributed by atoms with E-state index >= 15 is 0 Å². The summed E-state index contributed by atoms with van der Waals surface area (Å²) in [6.07, 6.45) is 3.15. The second kappa shape index (κ2) is 12.0. The third-order valence-electron chi connectivity index (χ3n) is 7.43. The van der Waals surface area contributed by atoms with Gasteiger partial charge in [-0.2, -0.15) is 5.26 Å². The second-order valence-electron chi connectivity index (χ2n) is 9.89. The van der Waals surface area contributed by atoms with Crippen LogP contribution in [0.1, 0.15) is 48.9 Å². The minimum atomic E-state index is -0.395. The van der Waals surface area contributed by atoms with E-state index in [2.05, 4.69) is 6.07 Å². The molecule has 10 nitrogen and oxygen atoms in total. The van der Waals surface area contributed by atoms with Crippen LogP contribution in [0.3, 0.4) is 0 Å². The predicted molar refractivity (Wildman–Crippen MR) is 159 cm³/mol. The molecule has 0 radical (unpaired) electrons. The molecule has 0 bridgehead atoms. The van der Waals surface area contributed by atoms with Gasteiger partial charge in [0.1, 0.15) is 21.8 Å². The molecular weight excluding hydrogens is 564 g/mol. The number of esters is 1. The summed E-state index contributed by atoms with van der Waals surface area (Å²) in [6, 6.07) is 7.56. The van der Waals surface area contributed by atoms with Crippen molar-refractivity contribution >= 4 is 52.1 Å². The van der Waals surface area contributed by atoms with Crippen molar-refractivity contribution in [3.8, 4) is 17.6 Å². The Balaban J connectivity index is 1.53. The molecule has 1 unspecified atom stereocenters. The van der Waals surface area contributed by atoms with E-state index in [0.717, 1.165) is 12.0 Å². The topological polar surface area (TPSA) is 114 Å². The SMILES string of the molecule is CCOC(=O)C1CCCN(c2c(/C=C3/SC(=S)N(Cc4ccc5c(c4)OCO5)C3=O)c(C)c(C#N)c(=O)n2CC)C1. The predicted octanol–water partition coefficient (Wildman–Crippen LogP) is 3.96. The van der Waals surface area contributed by atoms with Crippen molar-refractivity contribution in [3.05, 3.63) is 55.7 Å². The van der Waals surface area contributed by atoms with Gasteiger partial charge in [-0.3, -0.25) is 23.9 Å². The van der Waals surface area contributed by atoms with Crippen LogP contribution in [0.15, 0.2) is 27.9 Å². The number of fused-ring (bicyclic) bond motifs is 1. The highest BCUT2D eigenvalue weighted by atomic mass is 32.2. The molecular formula is C29H30N4O6S2. The largest absolute Gasteiger partial charge is 0.466 e. The Labute approximate surface area is 247 Å². The lowest BCUT2D eigenvalue weighted by atomic mass is 9.96. The molecule has 2 aromatic rings. The standard InChI is InChI=1S/C29H30N4O6S2/c1-4-32-25(31-10-6-7-19(15-31)28(36)37-5-2)20(17(3)21(13-30)26(32)34)12-24-27(35)33(29(40)41-24)14-18-8-9-22-23(11-18)39-16-38-22/h8-9,11-12,19H,4-7,10,14-16H2,1-3H3/b24-12+. The number of thioether (sulfide) groups is 1. The molecule has 2 saturated heterocycles. The fourth-order valence-corrected chi connectivity index (χ4v) is 6.63.